The highest BCUT2D eigenvalue weighted by atomic mass is 35.5. The molecule has 4 nitrogen and oxygen atoms in total. The zero-order chi connectivity index (χ0) is 15.6. The average molecular weight is 322 g/mol. The number of para-hydroxylation sites is 2. The summed E-state index contributed by atoms with van der Waals surface area (Å²) in [5.41, 5.74) is 2.31. The van der Waals surface area contributed by atoms with Gasteiger partial charge in [-0.1, -0.05) is 41.9 Å². The van der Waals surface area contributed by atoms with Gasteiger partial charge in [-0.2, -0.15) is 0 Å². The van der Waals surface area contributed by atoms with E-state index in [2.05, 4.69) is 9.97 Å². The fraction of sp³-hybridized carbons (Fsp3) is 0. The molecule has 2 aromatic heterocycles. The molecule has 0 unspecified atom stereocenters. The molecule has 0 fully saturated rings. The third-order valence-electron chi connectivity index (χ3n) is 3.47. The molecule has 0 aliphatic heterocycles. The van der Waals surface area contributed by atoms with Crippen LogP contribution in [-0.2, 0) is 0 Å². The van der Waals surface area contributed by atoms with Crippen molar-refractivity contribution in [2.45, 2.75) is 0 Å². The second kappa shape index (κ2) is 5.74. The molecule has 0 aliphatic rings. The third kappa shape index (κ3) is 2.64. The fourth-order valence-corrected chi connectivity index (χ4v) is 2.60. The van der Waals surface area contributed by atoms with Gasteiger partial charge in [0.15, 0.2) is 10.8 Å². The molecule has 2 heterocycles. The van der Waals surface area contributed by atoms with E-state index in [1.807, 2.05) is 71.4 Å². The molecule has 0 spiro atoms. The molecule has 2 aromatic carbocycles. The average Bonchev–Trinajstić information content (AvgIpc) is 3.02. The first kappa shape index (κ1) is 13.8. The Hall–Kier alpha value is -2.85. The predicted molar refractivity (Wildman–Crippen MR) is 89.9 cm³/mol. The molecule has 5 heteroatoms. The van der Waals surface area contributed by atoms with Gasteiger partial charge in [0, 0.05) is 24.2 Å². The van der Waals surface area contributed by atoms with Crippen molar-refractivity contribution in [2.75, 3.05) is 0 Å². The first-order valence-corrected chi connectivity index (χ1v) is 7.50. The molecule has 0 radical (unpaired) electrons. The Morgan fingerprint density at radius 2 is 1.74 bits per heavy atom. The van der Waals surface area contributed by atoms with Crippen LogP contribution in [0.1, 0.15) is 0 Å². The zero-order valence-electron chi connectivity index (χ0n) is 12.1. The number of nitrogens with zero attached hydrogens (tertiary/aromatic N) is 3. The SMILES string of the molecule is Clc1nccn2cc(-c3ccccc3Oc3ccccc3)nc12. The Kier molecular flexibility index (Phi) is 3.44. The summed E-state index contributed by atoms with van der Waals surface area (Å²) in [6.07, 6.45) is 5.38. The number of hydrogen-bond acceptors (Lipinski definition) is 3. The van der Waals surface area contributed by atoms with Crippen LogP contribution in [0, 0.1) is 0 Å². The van der Waals surface area contributed by atoms with E-state index in [9.17, 15) is 0 Å². The largest absolute Gasteiger partial charge is 0.457 e. The van der Waals surface area contributed by atoms with Gasteiger partial charge in [0.1, 0.15) is 11.5 Å². The Labute approximate surface area is 138 Å². The van der Waals surface area contributed by atoms with Gasteiger partial charge in [-0.25, -0.2) is 9.97 Å². The van der Waals surface area contributed by atoms with E-state index < -0.39 is 0 Å². The normalized spacial score (nSPS) is 10.8. The predicted octanol–water partition coefficient (Wildman–Crippen LogP) is 4.84. The van der Waals surface area contributed by atoms with Gasteiger partial charge in [0.25, 0.3) is 0 Å². The van der Waals surface area contributed by atoms with Crippen LogP contribution in [-0.4, -0.2) is 14.4 Å². The van der Waals surface area contributed by atoms with Crippen LogP contribution in [0.5, 0.6) is 11.5 Å². The Bertz CT molecular complexity index is 966. The lowest BCUT2D eigenvalue weighted by Crippen LogP contribution is -1.88. The summed E-state index contributed by atoms with van der Waals surface area (Å²) < 4.78 is 7.84. The maximum absolute atomic E-state index is 6.10. The smallest absolute Gasteiger partial charge is 0.175 e. The highest BCUT2D eigenvalue weighted by Gasteiger charge is 2.12. The highest BCUT2D eigenvalue weighted by Crippen LogP contribution is 2.33. The minimum Gasteiger partial charge on any atom is -0.457 e. The maximum Gasteiger partial charge on any atom is 0.175 e. The molecule has 0 saturated heterocycles. The van der Waals surface area contributed by atoms with Crippen LogP contribution in [0.2, 0.25) is 5.15 Å². The molecule has 0 amide bonds. The fourth-order valence-electron chi connectivity index (χ4n) is 2.40. The quantitative estimate of drug-likeness (QED) is 0.542. The van der Waals surface area contributed by atoms with Crippen molar-refractivity contribution < 1.29 is 4.74 Å². The van der Waals surface area contributed by atoms with Gasteiger partial charge in [0.2, 0.25) is 0 Å². The Balaban J connectivity index is 1.80. The Morgan fingerprint density at radius 3 is 2.57 bits per heavy atom. The highest BCUT2D eigenvalue weighted by molar-refractivity contribution is 6.32. The van der Waals surface area contributed by atoms with Gasteiger partial charge in [-0.05, 0) is 24.3 Å². The summed E-state index contributed by atoms with van der Waals surface area (Å²) in [7, 11) is 0. The number of aromatic nitrogens is 3. The van der Waals surface area contributed by atoms with E-state index in [0.29, 0.717) is 10.8 Å². The number of benzene rings is 2. The molecule has 0 atom stereocenters. The summed E-state index contributed by atoms with van der Waals surface area (Å²) in [5, 5.41) is 0.375. The molecule has 0 saturated carbocycles. The van der Waals surface area contributed by atoms with E-state index in [4.69, 9.17) is 16.3 Å². The van der Waals surface area contributed by atoms with E-state index >= 15 is 0 Å². The second-order valence-electron chi connectivity index (χ2n) is 4.99. The zero-order valence-corrected chi connectivity index (χ0v) is 12.8. The number of rotatable bonds is 3. The molecule has 0 bridgehead atoms. The molecule has 23 heavy (non-hydrogen) atoms. The second-order valence-corrected chi connectivity index (χ2v) is 5.34. The van der Waals surface area contributed by atoms with E-state index in [1.54, 1.807) is 6.20 Å². The van der Waals surface area contributed by atoms with Crippen LogP contribution in [0.15, 0.2) is 73.2 Å². The van der Waals surface area contributed by atoms with Crippen molar-refractivity contribution in [3.8, 4) is 22.8 Å². The lowest BCUT2D eigenvalue weighted by molar-refractivity contribution is 0.484. The summed E-state index contributed by atoms with van der Waals surface area (Å²) in [4.78, 5) is 8.63. The van der Waals surface area contributed by atoms with Crippen LogP contribution in [0.4, 0.5) is 0 Å². The van der Waals surface area contributed by atoms with Crippen molar-refractivity contribution >= 4 is 17.2 Å². The molecular weight excluding hydrogens is 310 g/mol. The molecule has 4 aromatic rings. The minimum atomic E-state index is 0.375. The van der Waals surface area contributed by atoms with Crippen molar-refractivity contribution in [1.82, 2.24) is 14.4 Å². The standard InChI is InChI=1S/C18H12ClN3O/c19-17-18-21-15(12-22(18)11-10-20-17)14-8-4-5-9-16(14)23-13-6-2-1-3-7-13/h1-12H. The van der Waals surface area contributed by atoms with Crippen LogP contribution in [0.25, 0.3) is 16.9 Å². The van der Waals surface area contributed by atoms with E-state index in [-0.39, 0.29) is 0 Å². The number of fused-ring (bicyclic) bond motifs is 1. The van der Waals surface area contributed by atoms with Crippen molar-refractivity contribution in [3.05, 3.63) is 78.3 Å². The monoisotopic (exact) mass is 321 g/mol. The number of ether oxygens (including phenoxy) is 1. The van der Waals surface area contributed by atoms with Gasteiger partial charge < -0.3 is 9.14 Å². The molecule has 0 N–H and O–H groups in total. The molecule has 0 aliphatic carbocycles. The van der Waals surface area contributed by atoms with Crippen LogP contribution in [0.3, 0.4) is 0 Å². The third-order valence-corrected chi connectivity index (χ3v) is 3.73. The first-order chi connectivity index (χ1) is 11.3. The van der Waals surface area contributed by atoms with Crippen molar-refractivity contribution in [1.29, 1.82) is 0 Å². The van der Waals surface area contributed by atoms with Crippen LogP contribution < -0.4 is 4.74 Å². The van der Waals surface area contributed by atoms with Crippen molar-refractivity contribution in [2.24, 2.45) is 0 Å². The Morgan fingerprint density at radius 1 is 0.957 bits per heavy atom. The van der Waals surface area contributed by atoms with Gasteiger partial charge in [-0.3, -0.25) is 0 Å². The van der Waals surface area contributed by atoms with Gasteiger partial charge >= 0.3 is 0 Å². The van der Waals surface area contributed by atoms with Gasteiger partial charge in [-0.15, -0.1) is 0 Å². The van der Waals surface area contributed by atoms with Crippen LogP contribution >= 0.6 is 11.6 Å². The molecule has 112 valence electrons. The summed E-state index contributed by atoms with van der Waals surface area (Å²) >= 11 is 6.10. The topological polar surface area (TPSA) is 39.4 Å². The molecule has 4 rings (SSSR count). The lowest BCUT2D eigenvalue weighted by atomic mass is 10.1. The lowest BCUT2D eigenvalue weighted by Gasteiger charge is -2.09. The van der Waals surface area contributed by atoms with E-state index in [0.717, 1.165) is 22.8 Å². The maximum atomic E-state index is 6.10. The number of hydrogen-bond donors (Lipinski definition) is 0. The number of halogens is 1. The number of imidazole rings is 1. The summed E-state index contributed by atoms with van der Waals surface area (Å²) in [6.45, 7) is 0. The summed E-state index contributed by atoms with van der Waals surface area (Å²) in [6, 6.07) is 17.5. The summed E-state index contributed by atoms with van der Waals surface area (Å²) in [5.74, 6) is 1.52. The molecular formula is C18H12ClN3O. The van der Waals surface area contributed by atoms with Gasteiger partial charge in [0.05, 0.1) is 5.69 Å². The minimum absolute atomic E-state index is 0.375. The van der Waals surface area contributed by atoms with E-state index in [1.165, 1.54) is 0 Å². The first-order valence-electron chi connectivity index (χ1n) is 7.13. The van der Waals surface area contributed by atoms with Crippen molar-refractivity contribution in [3.63, 3.8) is 0 Å².